The smallest absolute Gasteiger partial charge is 0.270 e. The number of carbonyl (C=O) groups excluding carboxylic acids is 2. The number of nitrogens with zero attached hydrogens (tertiary/aromatic N) is 1. The Bertz CT molecular complexity index is 655. The van der Waals surface area contributed by atoms with Gasteiger partial charge in [0.2, 0.25) is 5.91 Å². The van der Waals surface area contributed by atoms with Gasteiger partial charge >= 0.3 is 0 Å². The van der Waals surface area contributed by atoms with Gasteiger partial charge in [-0.05, 0) is 38.3 Å². The Balaban J connectivity index is 0.00000338. The van der Waals surface area contributed by atoms with Crippen molar-refractivity contribution in [2.24, 2.45) is 11.7 Å². The fraction of sp³-hybridized carbons (Fsp3) is 0.529. The number of benzene rings is 1. The van der Waals surface area contributed by atoms with E-state index in [0.29, 0.717) is 6.54 Å². The molecule has 26 heavy (non-hydrogen) atoms. The first-order valence-corrected chi connectivity index (χ1v) is 8.48. The lowest BCUT2D eigenvalue weighted by molar-refractivity contribution is -0.384. The summed E-state index contributed by atoms with van der Waals surface area (Å²) in [5.74, 6) is -0.535. The molecule has 4 N–H and O–H groups in total. The molecule has 1 aromatic carbocycles. The van der Waals surface area contributed by atoms with Crippen molar-refractivity contribution >= 4 is 29.9 Å². The largest absolute Gasteiger partial charge is 0.351 e. The van der Waals surface area contributed by atoms with E-state index in [-0.39, 0.29) is 41.5 Å². The average molecular weight is 385 g/mol. The zero-order valence-electron chi connectivity index (χ0n) is 14.6. The number of hydrogen-bond donors (Lipinski definition) is 3. The fourth-order valence-electron chi connectivity index (χ4n) is 3.09. The highest BCUT2D eigenvalue weighted by atomic mass is 35.5. The maximum absolute atomic E-state index is 12.3. The average Bonchev–Trinajstić information content (AvgIpc) is 2.62. The van der Waals surface area contributed by atoms with Crippen LogP contribution in [0.25, 0.3) is 0 Å². The molecule has 0 heterocycles. The van der Waals surface area contributed by atoms with E-state index < -0.39 is 16.9 Å². The number of amides is 2. The van der Waals surface area contributed by atoms with Gasteiger partial charge in [-0.3, -0.25) is 19.7 Å². The van der Waals surface area contributed by atoms with Crippen molar-refractivity contribution in [1.29, 1.82) is 0 Å². The summed E-state index contributed by atoms with van der Waals surface area (Å²) in [5.41, 5.74) is 5.74. The molecule has 2 rings (SSSR count). The third-order valence-electron chi connectivity index (χ3n) is 4.60. The molecule has 1 fully saturated rings. The number of nitrogens with one attached hydrogen (secondary N) is 2. The minimum absolute atomic E-state index is 0. The SMILES string of the molecule is CC(NC(=O)c1cccc([N+](=O)[O-])c1)C(=O)NC1CCCCC1CN.Cl. The number of rotatable bonds is 6. The maximum Gasteiger partial charge on any atom is 0.270 e. The van der Waals surface area contributed by atoms with Gasteiger partial charge in [0.25, 0.3) is 11.6 Å². The number of nitro groups is 1. The summed E-state index contributed by atoms with van der Waals surface area (Å²) in [6.07, 6.45) is 4.05. The standard InChI is InChI=1S/C17H24N4O4.ClH/c1-11(16(22)20-15-8-3-2-5-13(15)10-18)19-17(23)12-6-4-7-14(9-12)21(24)25;/h4,6-7,9,11,13,15H,2-3,5,8,10,18H2,1H3,(H,19,23)(H,20,22);1H. The lowest BCUT2D eigenvalue weighted by atomic mass is 9.84. The molecule has 1 aromatic rings. The molecule has 0 radical (unpaired) electrons. The van der Waals surface area contributed by atoms with Gasteiger partial charge in [-0.15, -0.1) is 12.4 Å². The monoisotopic (exact) mass is 384 g/mol. The second kappa shape index (κ2) is 10.1. The Morgan fingerprint density at radius 2 is 2.04 bits per heavy atom. The van der Waals surface area contributed by atoms with Crippen LogP contribution in [-0.4, -0.2) is 35.4 Å². The topological polar surface area (TPSA) is 127 Å². The van der Waals surface area contributed by atoms with E-state index in [2.05, 4.69) is 10.6 Å². The summed E-state index contributed by atoms with van der Waals surface area (Å²) in [6.45, 7) is 2.12. The van der Waals surface area contributed by atoms with Crippen molar-refractivity contribution in [2.45, 2.75) is 44.7 Å². The van der Waals surface area contributed by atoms with Crippen molar-refractivity contribution in [3.63, 3.8) is 0 Å². The number of carbonyl (C=O) groups is 2. The molecule has 3 unspecified atom stereocenters. The fourth-order valence-corrected chi connectivity index (χ4v) is 3.09. The van der Waals surface area contributed by atoms with Crippen LogP contribution in [0.5, 0.6) is 0 Å². The molecule has 0 spiro atoms. The summed E-state index contributed by atoms with van der Waals surface area (Å²) >= 11 is 0. The molecule has 8 nitrogen and oxygen atoms in total. The first-order chi connectivity index (χ1) is 11.9. The van der Waals surface area contributed by atoms with Gasteiger partial charge in [0.05, 0.1) is 4.92 Å². The summed E-state index contributed by atoms with van der Waals surface area (Å²) in [6, 6.07) is 4.69. The zero-order chi connectivity index (χ0) is 18.4. The Morgan fingerprint density at radius 3 is 2.69 bits per heavy atom. The molecule has 3 atom stereocenters. The molecule has 0 saturated heterocycles. The molecule has 9 heteroatoms. The van der Waals surface area contributed by atoms with Crippen LogP contribution in [0.1, 0.15) is 43.0 Å². The van der Waals surface area contributed by atoms with E-state index in [1.165, 1.54) is 24.3 Å². The van der Waals surface area contributed by atoms with E-state index in [4.69, 9.17) is 5.73 Å². The van der Waals surface area contributed by atoms with Gasteiger partial charge in [-0.2, -0.15) is 0 Å². The van der Waals surface area contributed by atoms with Crippen LogP contribution in [0.3, 0.4) is 0 Å². The van der Waals surface area contributed by atoms with Crippen LogP contribution in [0.4, 0.5) is 5.69 Å². The van der Waals surface area contributed by atoms with Gasteiger partial charge < -0.3 is 16.4 Å². The summed E-state index contributed by atoms with van der Waals surface area (Å²) < 4.78 is 0. The minimum atomic E-state index is -0.743. The van der Waals surface area contributed by atoms with Gasteiger partial charge in [0.1, 0.15) is 6.04 Å². The highest BCUT2D eigenvalue weighted by Gasteiger charge is 2.27. The molecule has 144 valence electrons. The van der Waals surface area contributed by atoms with Crippen LogP contribution < -0.4 is 16.4 Å². The lowest BCUT2D eigenvalue weighted by Gasteiger charge is -2.32. The van der Waals surface area contributed by atoms with Gasteiger partial charge in [-0.1, -0.05) is 18.9 Å². The van der Waals surface area contributed by atoms with Gasteiger partial charge in [0, 0.05) is 23.7 Å². The zero-order valence-corrected chi connectivity index (χ0v) is 15.5. The summed E-state index contributed by atoms with van der Waals surface area (Å²) in [5, 5.41) is 16.3. The first-order valence-electron chi connectivity index (χ1n) is 8.48. The van der Waals surface area contributed by atoms with E-state index in [9.17, 15) is 19.7 Å². The number of non-ortho nitro benzene ring substituents is 1. The molecule has 2 amide bonds. The number of halogens is 1. The number of nitrogens with two attached hydrogens (primary N) is 1. The number of hydrogen-bond acceptors (Lipinski definition) is 5. The van der Waals surface area contributed by atoms with E-state index in [1.807, 2.05) is 0 Å². The predicted molar refractivity (Wildman–Crippen MR) is 100 cm³/mol. The Morgan fingerprint density at radius 1 is 1.35 bits per heavy atom. The normalized spacial score (nSPS) is 20.4. The predicted octanol–water partition coefficient (Wildman–Crippen LogP) is 1.77. The Kier molecular flexibility index (Phi) is 8.47. The van der Waals surface area contributed by atoms with Crippen LogP contribution in [0, 0.1) is 16.0 Å². The highest BCUT2D eigenvalue weighted by molar-refractivity contribution is 5.97. The summed E-state index contributed by atoms with van der Waals surface area (Å²) in [7, 11) is 0. The van der Waals surface area contributed by atoms with Crippen LogP contribution in [-0.2, 0) is 4.79 Å². The third-order valence-corrected chi connectivity index (χ3v) is 4.60. The quantitative estimate of drug-likeness (QED) is 0.508. The third kappa shape index (κ3) is 5.67. The highest BCUT2D eigenvalue weighted by Crippen LogP contribution is 2.23. The molecular formula is C17H25ClN4O4. The lowest BCUT2D eigenvalue weighted by Crippen LogP contribution is -2.51. The van der Waals surface area contributed by atoms with Gasteiger partial charge in [-0.25, -0.2) is 0 Å². The molecular weight excluding hydrogens is 360 g/mol. The second-order valence-electron chi connectivity index (χ2n) is 6.40. The minimum Gasteiger partial charge on any atom is -0.351 e. The molecule has 1 saturated carbocycles. The molecule has 0 aromatic heterocycles. The van der Waals surface area contributed by atoms with Crippen molar-refractivity contribution in [1.82, 2.24) is 10.6 Å². The molecule has 1 aliphatic carbocycles. The van der Waals surface area contributed by atoms with Crippen LogP contribution in [0.2, 0.25) is 0 Å². The molecule has 1 aliphatic rings. The van der Waals surface area contributed by atoms with Crippen molar-refractivity contribution in [3.05, 3.63) is 39.9 Å². The van der Waals surface area contributed by atoms with Crippen molar-refractivity contribution < 1.29 is 14.5 Å². The van der Waals surface area contributed by atoms with E-state index in [0.717, 1.165) is 25.7 Å². The maximum atomic E-state index is 12.3. The second-order valence-corrected chi connectivity index (χ2v) is 6.40. The summed E-state index contributed by atoms with van der Waals surface area (Å²) in [4.78, 5) is 34.8. The first kappa shape index (κ1) is 21.9. The Hall–Kier alpha value is -2.19. The van der Waals surface area contributed by atoms with E-state index >= 15 is 0 Å². The van der Waals surface area contributed by atoms with Crippen LogP contribution >= 0.6 is 12.4 Å². The van der Waals surface area contributed by atoms with Crippen molar-refractivity contribution in [2.75, 3.05) is 6.54 Å². The van der Waals surface area contributed by atoms with Crippen molar-refractivity contribution in [3.8, 4) is 0 Å². The molecule has 0 bridgehead atoms. The Labute approximate surface area is 158 Å². The number of nitro benzene ring substituents is 1. The van der Waals surface area contributed by atoms with Crippen LogP contribution in [0.15, 0.2) is 24.3 Å². The molecule has 0 aliphatic heterocycles. The van der Waals surface area contributed by atoms with Gasteiger partial charge in [0.15, 0.2) is 0 Å². The van der Waals surface area contributed by atoms with E-state index in [1.54, 1.807) is 6.92 Å².